The predicted molar refractivity (Wildman–Crippen MR) is 156 cm³/mol. The Labute approximate surface area is 232 Å². The summed E-state index contributed by atoms with van der Waals surface area (Å²) in [6.07, 6.45) is 6.40. The first kappa shape index (κ1) is 25.6. The molecule has 202 valence electrons. The molecule has 0 radical (unpaired) electrons. The Morgan fingerprint density at radius 2 is 1.15 bits per heavy atom. The fourth-order valence-corrected chi connectivity index (χ4v) is 5.42. The van der Waals surface area contributed by atoms with Gasteiger partial charge in [0.15, 0.2) is 0 Å². The Kier molecular flexibility index (Phi) is 6.90. The number of aromatic hydroxyl groups is 2. The summed E-state index contributed by atoms with van der Waals surface area (Å²) in [6.45, 7) is 3.86. The number of hydrogen-bond acceptors (Lipinski definition) is 6. The van der Waals surface area contributed by atoms with Crippen molar-refractivity contribution in [3.63, 3.8) is 0 Å². The maximum atomic E-state index is 10.2. The fraction of sp³-hybridized carbons (Fsp3) is 0.250. The number of benzene rings is 4. The second-order valence-corrected chi connectivity index (χ2v) is 10.5. The SMILES string of the molecule is Cc1cc(C)c(O)c(-n2nc3ccccc3n2)c1.Oc1ccc(C2CCCCC2)cc1-n1nc2ccccc2n1. The maximum Gasteiger partial charge on any atom is 0.146 e. The number of aromatic nitrogens is 6. The van der Waals surface area contributed by atoms with E-state index in [9.17, 15) is 10.2 Å². The molecule has 1 aliphatic carbocycles. The molecular weight excluding hydrogens is 500 g/mol. The van der Waals surface area contributed by atoms with Gasteiger partial charge in [-0.05, 0) is 91.8 Å². The van der Waals surface area contributed by atoms with Gasteiger partial charge in [-0.2, -0.15) is 0 Å². The number of aryl methyl sites for hydroxylation is 2. The molecule has 40 heavy (non-hydrogen) atoms. The van der Waals surface area contributed by atoms with Crippen LogP contribution in [0.25, 0.3) is 33.4 Å². The lowest BCUT2D eigenvalue weighted by Crippen LogP contribution is -2.06. The van der Waals surface area contributed by atoms with Gasteiger partial charge in [-0.15, -0.1) is 30.0 Å². The molecule has 7 rings (SSSR count). The van der Waals surface area contributed by atoms with E-state index in [0.717, 1.165) is 33.2 Å². The molecule has 1 fully saturated rings. The van der Waals surface area contributed by atoms with E-state index in [2.05, 4.69) is 20.4 Å². The van der Waals surface area contributed by atoms with Gasteiger partial charge in [0.1, 0.15) is 44.9 Å². The van der Waals surface area contributed by atoms with Crippen LogP contribution in [0.15, 0.2) is 78.9 Å². The zero-order valence-corrected chi connectivity index (χ0v) is 22.7. The van der Waals surface area contributed by atoms with Crippen molar-refractivity contribution in [3.8, 4) is 22.9 Å². The van der Waals surface area contributed by atoms with E-state index in [4.69, 9.17) is 0 Å². The Morgan fingerprint density at radius 1 is 0.625 bits per heavy atom. The Bertz CT molecular complexity index is 1730. The lowest BCUT2D eigenvalue weighted by Gasteiger charge is -2.22. The molecule has 0 spiro atoms. The van der Waals surface area contributed by atoms with Gasteiger partial charge in [0.05, 0.1) is 0 Å². The van der Waals surface area contributed by atoms with E-state index >= 15 is 0 Å². The molecule has 0 aliphatic heterocycles. The number of nitrogens with zero attached hydrogens (tertiary/aromatic N) is 6. The summed E-state index contributed by atoms with van der Waals surface area (Å²) >= 11 is 0. The van der Waals surface area contributed by atoms with Crippen LogP contribution in [-0.4, -0.2) is 40.2 Å². The molecule has 0 saturated heterocycles. The number of rotatable bonds is 3. The quantitative estimate of drug-likeness (QED) is 0.257. The Balaban J connectivity index is 0.000000148. The van der Waals surface area contributed by atoms with E-state index in [1.165, 1.54) is 42.5 Å². The predicted octanol–water partition coefficient (Wildman–Crippen LogP) is 6.92. The van der Waals surface area contributed by atoms with Gasteiger partial charge in [-0.1, -0.05) is 55.7 Å². The molecule has 8 heteroatoms. The molecule has 2 N–H and O–H groups in total. The van der Waals surface area contributed by atoms with Crippen LogP contribution in [0.1, 0.15) is 54.7 Å². The summed E-state index contributed by atoms with van der Waals surface area (Å²) in [6, 6.07) is 25.1. The van der Waals surface area contributed by atoms with E-state index in [1.807, 2.05) is 86.6 Å². The minimum atomic E-state index is 0.222. The summed E-state index contributed by atoms with van der Waals surface area (Å²) < 4.78 is 0. The lowest BCUT2D eigenvalue weighted by molar-refractivity contribution is 0.440. The topological polar surface area (TPSA) is 102 Å². The highest BCUT2D eigenvalue weighted by atomic mass is 16.3. The molecule has 8 nitrogen and oxygen atoms in total. The first-order valence-corrected chi connectivity index (χ1v) is 13.7. The fourth-order valence-electron chi connectivity index (χ4n) is 5.42. The highest BCUT2D eigenvalue weighted by Gasteiger charge is 2.18. The Hall–Kier alpha value is -4.72. The van der Waals surface area contributed by atoms with Crippen molar-refractivity contribution in [2.75, 3.05) is 0 Å². The van der Waals surface area contributed by atoms with Gasteiger partial charge in [-0.25, -0.2) is 0 Å². The minimum Gasteiger partial charge on any atom is -0.506 e. The molecular formula is C32H32N6O2. The summed E-state index contributed by atoms with van der Waals surface area (Å²) in [5.41, 5.74) is 7.77. The van der Waals surface area contributed by atoms with Crippen LogP contribution in [0.2, 0.25) is 0 Å². The second kappa shape index (κ2) is 10.8. The van der Waals surface area contributed by atoms with Crippen molar-refractivity contribution in [2.24, 2.45) is 0 Å². The summed E-state index contributed by atoms with van der Waals surface area (Å²) in [5, 5.41) is 38.0. The highest BCUT2D eigenvalue weighted by molar-refractivity contribution is 5.74. The lowest BCUT2D eigenvalue weighted by atomic mass is 9.84. The van der Waals surface area contributed by atoms with Gasteiger partial charge in [0.25, 0.3) is 0 Å². The smallest absolute Gasteiger partial charge is 0.146 e. The number of fused-ring (bicyclic) bond motifs is 2. The normalized spacial score (nSPS) is 13.8. The first-order valence-electron chi connectivity index (χ1n) is 13.7. The number of phenols is 2. The molecule has 0 atom stereocenters. The largest absolute Gasteiger partial charge is 0.506 e. The van der Waals surface area contributed by atoms with Crippen molar-refractivity contribution >= 4 is 22.1 Å². The third-order valence-electron chi connectivity index (χ3n) is 7.50. The second-order valence-electron chi connectivity index (χ2n) is 10.5. The standard InChI is InChI=1S/C18H19N3O.C14H13N3O/c22-18-11-10-14(13-6-2-1-3-7-13)12-17(18)21-19-15-8-4-5-9-16(15)20-21;1-9-7-10(2)14(18)13(8-9)17-15-11-5-3-4-6-12(11)16-17/h4-5,8-13,22H,1-3,6-7H2;3-8,18H,1-2H3. The zero-order valence-electron chi connectivity index (χ0n) is 22.7. The van der Waals surface area contributed by atoms with Gasteiger partial charge >= 0.3 is 0 Å². The molecule has 0 amide bonds. The average Bonchev–Trinajstić information content (AvgIpc) is 3.60. The van der Waals surface area contributed by atoms with E-state index in [1.54, 1.807) is 10.9 Å². The van der Waals surface area contributed by atoms with Gasteiger partial charge < -0.3 is 10.2 Å². The van der Waals surface area contributed by atoms with Crippen LogP contribution in [0.4, 0.5) is 0 Å². The van der Waals surface area contributed by atoms with Gasteiger partial charge in [-0.3, -0.25) is 0 Å². The van der Waals surface area contributed by atoms with E-state index < -0.39 is 0 Å². The van der Waals surface area contributed by atoms with Crippen molar-refractivity contribution in [3.05, 3.63) is 95.6 Å². The average molecular weight is 533 g/mol. The zero-order chi connectivity index (χ0) is 27.6. The van der Waals surface area contributed by atoms with Crippen LogP contribution < -0.4 is 0 Å². The van der Waals surface area contributed by atoms with E-state index in [0.29, 0.717) is 17.3 Å². The highest BCUT2D eigenvalue weighted by Crippen LogP contribution is 2.35. The molecule has 6 aromatic rings. The molecule has 0 unspecified atom stereocenters. The number of phenolic OH excluding ortho intramolecular Hbond substituents is 2. The van der Waals surface area contributed by atoms with Crippen molar-refractivity contribution in [1.29, 1.82) is 0 Å². The molecule has 1 saturated carbocycles. The monoisotopic (exact) mass is 532 g/mol. The van der Waals surface area contributed by atoms with Gasteiger partial charge in [0.2, 0.25) is 0 Å². The van der Waals surface area contributed by atoms with Gasteiger partial charge in [0, 0.05) is 0 Å². The van der Waals surface area contributed by atoms with Crippen LogP contribution in [0.5, 0.6) is 11.5 Å². The summed E-state index contributed by atoms with van der Waals surface area (Å²) in [4.78, 5) is 3.03. The molecule has 0 bridgehead atoms. The Morgan fingerprint density at radius 3 is 1.70 bits per heavy atom. The third-order valence-corrected chi connectivity index (χ3v) is 7.50. The third kappa shape index (κ3) is 5.12. The van der Waals surface area contributed by atoms with Crippen molar-refractivity contribution < 1.29 is 10.2 Å². The van der Waals surface area contributed by atoms with Crippen LogP contribution in [0, 0.1) is 13.8 Å². The number of hydrogen-bond donors (Lipinski definition) is 2. The van der Waals surface area contributed by atoms with Crippen LogP contribution >= 0.6 is 0 Å². The molecule has 4 aromatic carbocycles. The maximum absolute atomic E-state index is 10.2. The van der Waals surface area contributed by atoms with Crippen molar-refractivity contribution in [1.82, 2.24) is 30.0 Å². The summed E-state index contributed by atoms with van der Waals surface area (Å²) in [5.74, 6) is 1.04. The molecule has 2 heterocycles. The summed E-state index contributed by atoms with van der Waals surface area (Å²) in [7, 11) is 0. The van der Waals surface area contributed by atoms with E-state index in [-0.39, 0.29) is 11.5 Å². The van der Waals surface area contributed by atoms with Crippen LogP contribution in [-0.2, 0) is 0 Å². The van der Waals surface area contributed by atoms with Crippen LogP contribution in [0.3, 0.4) is 0 Å². The van der Waals surface area contributed by atoms with Crippen molar-refractivity contribution in [2.45, 2.75) is 51.9 Å². The first-order chi connectivity index (χ1) is 19.5. The minimum absolute atomic E-state index is 0.222. The molecule has 2 aromatic heterocycles. The molecule has 1 aliphatic rings.